The van der Waals surface area contributed by atoms with Crippen molar-refractivity contribution >= 4 is 46.9 Å². The average Bonchev–Trinajstić information content (AvgIpc) is 3.25. The van der Waals surface area contributed by atoms with Crippen molar-refractivity contribution in [1.29, 1.82) is 0 Å². The van der Waals surface area contributed by atoms with Gasteiger partial charge in [-0.3, -0.25) is 33.6 Å². The van der Waals surface area contributed by atoms with Crippen LogP contribution < -0.4 is 27.0 Å². The second-order valence-corrected chi connectivity index (χ2v) is 17.7. The molecule has 1 aliphatic heterocycles. The van der Waals surface area contributed by atoms with E-state index in [0.717, 1.165) is 35.3 Å². The van der Waals surface area contributed by atoms with Crippen molar-refractivity contribution < 1.29 is 43.8 Å². The topological polar surface area (TPSA) is 241 Å². The van der Waals surface area contributed by atoms with E-state index in [-0.39, 0.29) is 36.3 Å². The number of nitrogens with two attached hydrogens (primary N) is 1. The van der Waals surface area contributed by atoms with Crippen molar-refractivity contribution in [2.75, 3.05) is 27.2 Å². The van der Waals surface area contributed by atoms with E-state index in [4.69, 9.17) is 5.73 Å². The number of carbonyl (C=O) groups is 7. The largest absolute Gasteiger partial charge is 0.507 e. The average molecular weight is 894 g/mol. The summed E-state index contributed by atoms with van der Waals surface area (Å²) in [5.41, 5.74) is 7.84. The van der Waals surface area contributed by atoms with Crippen LogP contribution in [0.15, 0.2) is 35.9 Å². The van der Waals surface area contributed by atoms with Gasteiger partial charge in [0.15, 0.2) is 0 Å². The Kier molecular flexibility index (Phi) is 22.0. The molecule has 0 saturated heterocycles. The summed E-state index contributed by atoms with van der Waals surface area (Å²) in [5, 5.41) is 31.4. The maximum atomic E-state index is 14.0. The van der Waals surface area contributed by atoms with Gasteiger partial charge in [0.05, 0.1) is 13.2 Å². The van der Waals surface area contributed by atoms with Gasteiger partial charge in [-0.05, 0) is 60.9 Å². The van der Waals surface area contributed by atoms with Gasteiger partial charge in [-0.15, -0.1) is 0 Å². The van der Waals surface area contributed by atoms with Gasteiger partial charge in [0.1, 0.15) is 36.0 Å². The molecule has 356 valence electrons. The van der Waals surface area contributed by atoms with Crippen LogP contribution in [0.1, 0.15) is 148 Å². The Morgan fingerprint density at radius 2 is 1.44 bits per heavy atom. The van der Waals surface area contributed by atoms with E-state index in [1.807, 2.05) is 26.0 Å². The number of hydrogen-bond donors (Lipinski definition) is 7. The monoisotopic (exact) mass is 894 g/mol. The lowest BCUT2D eigenvalue weighted by Crippen LogP contribution is -2.55. The predicted molar refractivity (Wildman–Crippen MR) is 246 cm³/mol. The summed E-state index contributed by atoms with van der Waals surface area (Å²) in [6.07, 6.45) is 19.4. The summed E-state index contributed by atoms with van der Waals surface area (Å²) in [6.45, 7) is 7.75. The van der Waals surface area contributed by atoms with Crippen molar-refractivity contribution in [3.8, 4) is 5.75 Å². The highest BCUT2D eigenvalue weighted by molar-refractivity contribution is 5.96. The zero-order valence-electron chi connectivity index (χ0n) is 39.2. The number of aromatic hydroxyl groups is 1. The first-order valence-corrected chi connectivity index (χ1v) is 23.3. The van der Waals surface area contributed by atoms with Gasteiger partial charge >= 0.3 is 0 Å². The molecule has 1 heterocycles. The van der Waals surface area contributed by atoms with Crippen LogP contribution in [0.2, 0.25) is 0 Å². The maximum Gasteiger partial charge on any atom is 0.248 e. The molecule has 1 aromatic rings. The molecule has 1 aliphatic carbocycles. The molecular formula is C48H75N7O9. The Morgan fingerprint density at radius 1 is 0.844 bits per heavy atom. The number of allylic oxidation sites excluding steroid dienone is 3. The minimum atomic E-state index is -1.35. The summed E-state index contributed by atoms with van der Waals surface area (Å²) < 4.78 is 0. The molecule has 0 radical (unpaired) electrons. The lowest BCUT2D eigenvalue weighted by molar-refractivity contribution is -0.142. The van der Waals surface area contributed by atoms with Gasteiger partial charge in [0.25, 0.3) is 0 Å². The number of nitrogens with one attached hydrogen (secondary N) is 4. The molecule has 4 bridgehead atoms. The molecule has 7 unspecified atom stereocenters. The van der Waals surface area contributed by atoms with Crippen LogP contribution in [0.3, 0.4) is 0 Å². The molecule has 7 atom stereocenters. The molecule has 1 aromatic carbocycles. The van der Waals surface area contributed by atoms with Crippen LogP contribution in [-0.2, 0) is 33.6 Å². The highest BCUT2D eigenvalue weighted by Crippen LogP contribution is 2.41. The van der Waals surface area contributed by atoms with Gasteiger partial charge in [-0.25, -0.2) is 0 Å². The van der Waals surface area contributed by atoms with Crippen LogP contribution in [0.5, 0.6) is 5.75 Å². The predicted octanol–water partition coefficient (Wildman–Crippen LogP) is 4.29. The second kappa shape index (κ2) is 26.5. The van der Waals surface area contributed by atoms with E-state index >= 15 is 0 Å². The number of fused-ring (bicyclic) bond motifs is 4. The van der Waals surface area contributed by atoms with Crippen LogP contribution in [0, 0.1) is 11.8 Å². The van der Waals surface area contributed by atoms with Gasteiger partial charge in [-0.1, -0.05) is 116 Å². The number of carbonyl (C=O) groups excluding carboxylic acids is 7. The Bertz CT molecular complexity index is 1850. The summed E-state index contributed by atoms with van der Waals surface area (Å²) in [5.74, 6) is -4.88. The molecule has 3 rings (SSSR count). The SMILES string of the molecule is CCCCCCCCCCCCCCCC(=O)N(C)C(CO)C(=O)NC(C)C(=O)NCC(=O)N(C)C1C(=O)NC(C)C(=O)NC(C(N)=O)CC2=CC(C)C(C)C(=C2)c2cc1ccc2O. The third kappa shape index (κ3) is 15.8. The fourth-order valence-corrected chi connectivity index (χ4v) is 8.20. The summed E-state index contributed by atoms with van der Waals surface area (Å²) in [6, 6.07) is -1.48. The molecule has 0 spiro atoms. The number of nitrogens with zero attached hydrogens (tertiary/aromatic N) is 2. The van der Waals surface area contributed by atoms with Crippen molar-refractivity contribution in [2.24, 2.45) is 17.6 Å². The molecular weight excluding hydrogens is 819 g/mol. The van der Waals surface area contributed by atoms with Gasteiger partial charge < -0.3 is 47.0 Å². The fraction of sp³-hybridized carbons (Fsp3) is 0.646. The van der Waals surface area contributed by atoms with Gasteiger partial charge in [-0.2, -0.15) is 0 Å². The number of aliphatic hydroxyl groups is 1. The zero-order chi connectivity index (χ0) is 47.5. The van der Waals surface area contributed by atoms with E-state index in [2.05, 4.69) is 28.2 Å². The smallest absolute Gasteiger partial charge is 0.248 e. The Hall–Kier alpha value is -5.25. The van der Waals surface area contributed by atoms with Gasteiger partial charge in [0, 0.05) is 32.5 Å². The molecule has 7 amide bonds. The summed E-state index contributed by atoms with van der Waals surface area (Å²) >= 11 is 0. The Balaban J connectivity index is 1.61. The van der Waals surface area contributed by atoms with Crippen molar-refractivity contribution in [2.45, 2.75) is 161 Å². The number of phenolic OH excluding ortho intramolecular Hbond substituents is 1. The second-order valence-electron chi connectivity index (χ2n) is 17.7. The van der Waals surface area contributed by atoms with E-state index in [1.165, 1.54) is 103 Å². The third-order valence-corrected chi connectivity index (χ3v) is 12.6. The first-order valence-electron chi connectivity index (χ1n) is 23.3. The number of unbranched alkanes of at least 4 members (excludes halogenated alkanes) is 12. The number of rotatable bonds is 23. The Labute approximate surface area is 379 Å². The summed E-state index contributed by atoms with van der Waals surface area (Å²) in [4.78, 5) is 95.0. The molecule has 64 heavy (non-hydrogen) atoms. The zero-order valence-corrected chi connectivity index (χ0v) is 39.2. The molecule has 0 fully saturated rings. The van der Waals surface area contributed by atoms with Crippen LogP contribution in [0.4, 0.5) is 0 Å². The van der Waals surface area contributed by atoms with E-state index < -0.39 is 78.8 Å². The van der Waals surface area contributed by atoms with E-state index in [9.17, 15) is 43.8 Å². The Morgan fingerprint density at radius 3 is 2.02 bits per heavy atom. The third-order valence-electron chi connectivity index (χ3n) is 12.6. The van der Waals surface area contributed by atoms with Crippen LogP contribution in [-0.4, -0.2) is 113 Å². The van der Waals surface area contributed by atoms with Crippen molar-refractivity contribution in [3.63, 3.8) is 0 Å². The van der Waals surface area contributed by atoms with Crippen LogP contribution in [0.25, 0.3) is 5.57 Å². The van der Waals surface area contributed by atoms with Crippen molar-refractivity contribution in [3.05, 3.63) is 47.1 Å². The number of likely N-dealkylation sites (N-methyl/N-ethyl adjacent to an activating group) is 2. The molecule has 8 N–H and O–H groups in total. The van der Waals surface area contributed by atoms with Crippen LogP contribution >= 0.6 is 0 Å². The lowest BCUT2D eigenvalue weighted by Gasteiger charge is -2.32. The maximum absolute atomic E-state index is 14.0. The minimum Gasteiger partial charge on any atom is -0.507 e. The minimum absolute atomic E-state index is 0.0371. The number of primary amides is 1. The standard InChI is InChI=1S/C48H75N7O9/c1-8-9-10-11-12-13-14-15-16-17-18-19-20-21-41(58)54(6)39(29-56)47(63)51-32(4)45(61)50-28-42(59)55(7)43-35-22-23-40(57)37(27-35)36-25-34(24-30(2)31(36)3)26-38(44(49)60)53-46(62)33(5)52-48(43)64/h22-25,27,30-33,38-39,43,56-57H,8-21,26,28-29H2,1-7H3,(H2,49,60)(H,50,61)(H,51,63)(H,52,64)(H,53,62). The number of hydrogen-bond acceptors (Lipinski definition) is 9. The number of benzene rings is 1. The lowest BCUT2D eigenvalue weighted by atomic mass is 9.77. The first-order chi connectivity index (χ1) is 30.4. The highest BCUT2D eigenvalue weighted by Gasteiger charge is 2.35. The molecule has 0 saturated carbocycles. The molecule has 16 heteroatoms. The van der Waals surface area contributed by atoms with Gasteiger partial charge in [0.2, 0.25) is 41.4 Å². The highest BCUT2D eigenvalue weighted by atomic mass is 16.3. The number of amides is 7. The van der Waals surface area contributed by atoms with Crippen molar-refractivity contribution in [1.82, 2.24) is 31.1 Å². The molecule has 2 aliphatic rings. The van der Waals surface area contributed by atoms with E-state index in [1.54, 1.807) is 6.07 Å². The number of phenols is 1. The normalized spacial score (nSPS) is 20.8. The molecule has 16 nitrogen and oxygen atoms in total. The first kappa shape index (κ1) is 53.1. The van der Waals surface area contributed by atoms with E-state index in [0.29, 0.717) is 17.5 Å². The quantitative estimate of drug-likeness (QED) is 0.0775. The molecule has 0 aromatic heterocycles. The number of aliphatic hydroxyl groups excluding tert-OH is 1. The fourth-order valence-electron chi connectivity index (χ4n) is 8.20. The summed E-state index contributed by atoms with van der Waals surface area (Å²) in [7, 11) is 2.80.